The van der Waals surface area contributed by atoms with Gasteiger partial charge in [-0.25, -0.2) is 0 Å². The Morgan fingerprint density at radius 3 is 3.00 bits per heavy atom. The molecular weight excluding hydrogens is 256 g/mol. The molecule has 0 radical (unpaired) electrons. The fraction of sp³-hybridized carbons (Fsp3) is 0.533. The number of carbonyl (C=O) groups excluding carboxylic acids is 1. The van der Waals surface area contributed by atoms with E-state index in [0.29, 0.717) is 26.2 Å². The number of hydrogen-bond acceptors (Lipinski definition) is 4. The van der Waals surface area contributed by atoms with Crippen molar-refractivity contribution in [1.29, 1.82) is 0 Å². The first-order valence-corrected chi connectivity index (χ1v) is 7.02. The van der Waals surface area contributed by atoms with Gasteiger partial charge in [-0.1, -0.05) is 25.1 Å². The van der Waals surface area contributed by atoms with Crippen molar-refractivity contribution in [2.24, 2.45) is 0 Å². The van der Waals surface area contributed by atoms with Crippen molar-refractivity contribution in [2.75, 3.05) is 31.7 Å². The maximum atomic E-state index is 12.0. The lowest BCUT2D eigenvalue weighted by molar-refractivity contribution is -0.124. The second-order valence-electron chi connectivity index (χ2n) is 4.88. The van der Waals surface area contributed by atoms with Gasteiger partial charge in [-0.15, -0.1) is 0 Å². The van der Waals surface area contributed by atoms with E-state index in [1.807, 2.05) is 36.1 Å². The summed E-state index contributed by atoms with van der Waals surface area (Å²) in [5, 5.41) is 12.8. The summed E-state index contributed by atoms with van der Waals surface area (Å²) >= 11 is 0. The van der Waals surface area contributed by atoms with E-state index in [-0.39, 0.29) is 11.9 Å². The lowest BCUT2D eigenvalue weighted by atomic mass is 10.0. The summed E-state index contributed by atoms with van der Waals surface area (Å²) in [5.74, 6) is -0.0644. The Morgan fingerprint density at radius 2 is 2.30 bits per heavy atom. The molecule has 2 atom stereocenters. The summed E-state index contributed by atoms with van der Waals surface area (Å²) < 4.78 is 5.42. The molecule has 110 valence electrons. The van der Waals surface area contributed by atoms with Crippen LogP contribution in [0.2, 0.25) is 0 Å². The van der Waals surface area contributed by atoms with Crippen molar-refractivity contribution >= 4 is 11.6 Å². The molecule has 1 saturated heterocycles. The molecule has 0 aliphatic carbocycles. The monoisotopic (exact) mass is 278 g/mol. The number of hydrogen-bond donors (Lipinski definition) is 2. The molecule has 2 N–H and O–H groups in total. The van der Waals surface area contributed by atoms with Crippen molar-refractivity contribution in [3.8, 4) is 0 Å². The fourth-order valence-corrected chi connectivity index (χ4v) is 2.53. The summed E-state index contributed by atoms with van der Waals surface area (Å²) in [7, 11) is 1.63. The van der Waals surface area contributed by atoms with E-state index in [0.717, 1.165) is 11.3 Å². The number of amides is 1. The zero-order valence-corrected chi connectivity index (χ0v) is 12.0. The molecule has 20 heavy (non-hydrogen) atoms. The SMILES string of the molecule is CCC(O)c1ccccc1N1CCOCC1C(=O)NC. The van der Waals surface area contributed by atoms with Crippen LogP contribution < -0.4 is 10.2 Å². The third-order valence-corrected chi connectivity index (χ3v) is 3.67. The van der Waals surface area contributed by atoms with E-state index in [1.54, 1.807) is 7.05 Å². The van der Waals surface area contributed by atoms with Gasteiger partial charge in [0.05, 0.1) is 19.3 Å². The lowest BCUT2D eigenvalue weighted by Crippen LogP contribution is -2.53. The quantitative estimate of drug-likeness (QED) is 0.865. The first-order valence-electron chi connectivity index (χ1n) is 7.02. The van der Waals surface area contributed by atoms with Crippen molar-refractivity contribution in [3.63, 3.8) is 0 Å². The Morgan fingerprint density at radius 1 is 1.55 bits per heavy atom. The maximum Gasteiger partial charge on any atom is 0.244 e. The topological polar surface area (TPSA) is 61.8 Å². The number of ether oxygens (including phenoxy) is 1. The van der Waals surface area contributed by atoms with Crippen molar-refractivity contribution in [3.05, 3.63) is 29.8 Å². The second kappa shape index (κ2) is 6.72. The van der Waals surface area contributed by atoms with Gasteiger partial charge in [0.1, 0.15) is 6.04 Å². The number of rotatable bonds is 4. The minimum atomic E-state index is -0.514. The summed E-state index contributed by atoms with van der Waals surface area (Å²) in [6.07, 6.45) is 0.130. The Bertz CT molecular complexity index is 464. The molecule has 1 aromatic rings. The van der Waals surface area contributed by atoms with Gasteiger partial charge in [0, 0.05) is 24.8 Å². The zero-order chi connectivity index (χ0) is 14.5. The zero-order valence-electron chi connectivity index (χ0n) is 12.0. The molecule has 0 aromatic heterocycles. The molecule has 0 saturated carbocycles. The Hall–Kier alpha value is -1.59. The number of para-hydroxylation sites is 1. The minimum absolute atomic E-state index is 0.0644. The summed E-state index contributed by atoms with van der Waals surface area (Å²) in [4.78, 5) is 14.0. The van der Waals surface area contributed by atoms with Gasteiger partial charge in [0.2, 0.25) is 5.91 Å². The van der Waals surface area contributed by atoms with Gasteiger partial charge in [0.15, 0.2) is 0 Å². The number of anilines is 1. The highest BCUT2D eigenvalue weighted by Gasteiger charge is 2.30. The number of aliphatic hydroxyl groups excluding tert-OH is 1. The Kier molecular flexibility index (Phi) is 4.98. The van der Waals surface area contributed by atoms with E-state index < -0.39 is 6.10 Å². The summed E-state index contributed by atoms with van der Waals surface area (Å²) in [5.41, 5.74) is 1.78. The van der Waals surface area contributed by atoms with Crippen LogP contribution in [0, 0.1) is 0 Å². The largest absolute Gasteiger partial charge is 0.388 e. The van der Waals surface area contributed by atoms with Gasteiger partial charge in [-0.2, -0.15) is 0 Å². The molecule has 2 unspecified atom stereocenters. The number of benzene rings is 1. The smallest absolute Gasteiger partial charge is 0.244 e. The van der Waals surface area contributed by atoms with Crippen LogP contribution in [0.5, 0.6) is 0 Å². The molecule has 1 fully saturated rings. The van der Waals surface area contributed by atoms with E-state index in [4.69, 9.17) is 4.74 Å². The van der Waals surface area contributed by atoms with E-state index in [2.05, 4.69) is 5.32 Å². The number of carbonyl (C=O) groups is 1. The molecule has 1 amide bonds. The van der Waals surface area contributed by atoms with Crippen LogP contribution >= 0.6 is 0 Å². The van der Waals surface area contributed by atoms with Crippen molar-refractivity contribution < 1.29 is 14.6 Å². The third-order valence-electron chi connectivity index (χ3n) is 3.67. The third kappa shape index (κ3) is 2.94. The van der Waals surface area contributed by atoms with Crippen molar-refractivity contribution in [2.45, 2.75) is 25.5 Å². The average molecular weight is 278 g/mol. The molecule has 5 heteroatoms. The van der Waals surface area contributed by atoms with E-state index >= 15 is 0 Å². The van der Waals surface area contributed by atoms with Crippen LogP contribution in [-0.4, -0.2) is 43.9 Å². The van der Waals surface area contributed by atoms with Gasteiger partial charge >= 0.3 is 0 Å². The normalized spacial score (nSPS) is 20.6. The molecule has 2 rings (SSSR count). The first-order chi connectivity index (χ1) is 9.69. The van der Waals surface area contributed by atoms with Crippen LogP contribution in [-0.2, 0) is 9.53 Å². The molecule has 1 aliphatic rings. The van der Waals surface area contributed by atoms with Crippen LogP contribution in [0.15, 0.2) is 24.3 Å². The predicted molar refractivity (Wildman–Crippen MR) is 77.7 cm³/mol. The maximum absolute atomic E-state index is 12.0. The van der Waals surface area contributed by atoms with E-state index in [1.165, 1.54) is 0 Å². The van der Waals surface area contributed by atoms with Gasteiger partial charge < -0.3 is 20.1 Å². The standard InChI is InChI=1S/C15H22N2O3/c1-3-14(18)11-6-4-5-7-12(11)17-8-9-20-10-13(17)15(19)16-2/h4-7,13-14,18H,3,8-10H2,1-2H3,(H,16,19). The van der Waals surface area contributed by atoms with Crippen LogP contribution in [0.25, 0.3) is 0 Å². The van der Waals surface area contributed by atoms with Crippen molar-refractivity contribution in [1.82, 2.24) is 5.32 Å². The van der Waals surface area contributed by atoms with Gasteiger partial charge in [-0.05, 0) is 12.5 Å². The van der Waals surface area contributed by atoms with Gasteiger partial charge in [0.25, 0.3) is 0 Å². The molecule has 1 aliphatic heterocycles. The lowest BCUT2D eigenvalue weighted by Gasteiger charge is -2.37. The van der Waals surface area contributed by atoms with Crippen LogP contribution in [0.1, 0.15) is 25.0 Å². The minimum Gasteiger partial charge on any atom is -0.388 e. The number of aliphatic hydroxyl groups is 1. The highest BCUT2D eigenvalue weighted by Crippen LogP contribution is 2.30. The number of nitrogens with one attached hydrogen (secondary N) is 1. The predicted octanol–water partition coefficient (Wildman–Crippen LogP) is 1.08. The van der Waals surface area contributed by atoms with Crippen LogP contribution in [0.3, 0.4) is 0 Å². The molecule has 5 nitrogen and oxygen atoms in total. The average Bonchev–Trinajstić information content (AvgIpc) is 2.53. The Labute approximate surface area is 119 Å². The highest BCUT2D eigenvalue weighted by atomic mass is 16.5. The summed E-state index contributed by atoms with van der Waals surface area (Å²) in [6, 6.07) is 7.36. The van der Waals surface area contributed by atoms with E-state index in [9.17, 15) is 9.90 Å². The number of nitrogens with zero attached hydrogens (tertiary/aromatic N) is 1. The second-order valence-corrected chi connectivity index (χ2v) is 4.88. The summed E-state index contributed by atoms with van der Waals surface area (Å²) in [6.45, 7) is 3.54. The number of likely N-dealkylation sites (N-methyl/N-ethyl adjacent to an activating group) is 1. The van der Waals surface area contributed by atoms with Gasteiger partial charge in [-0.3, -0.25) is 4.79 Å². The molecule has 1 heterocycles. The molecule has 0 spiro atoms. The Balaban J connectivity index is 2.35. The molecular formula is C15H22N2O3. The number of morpholine rings is 1. The highest BCUT2D eigenvalue weighted by molar-refractivity contribution is 5.85. The molecule has 1 aromatic carbocycles. The van der Waals surface area contributed by atoms with Crippen LogP contribution in [0.4, 0.5) is 5.69 Å². The fourth-order valence-electron chi connectivity index (χ4n) is 2.53. The molecule has 0 bridgehead atoms. The first kappa shape index (κ1) is 14.8.